The molecule has 2 aromatic carbocycles. The van der Waals surface area contributed by atoms with Crippen LogP contribution >= 0.6 is 0 Å². The van der Waals surface area contributed by atoms with Crippen molar-refractivity contribution >= 4 is 10.9 Å². The zero-order chi connectivity index (χ0) is 20.2. The van der Waals surface area contributed by atoms with Gasteiger partial charge >= 0.3 is 0 Å². The van der Waals surface area contributed by atoms with Crippen molar-refractivity contribution in [3.63, 3.8) is 0 Å². The number of benzene rings is 2. The van der Waals surface area contributed by atoms with Gasteiger partial charge in [-0.15, -0.1) is 0 Å². The van der Waals surface area contributed by atoms with E-state index in [1.807, 2.05) is 24.5 Å². The number of hydrogen-bond donors (Lipinski definition) is 0. The molecule has 0 bridgehead atoms. The summed E-state index contributed by atoms with van der Waals surface area (Å²) in [6.45, 7) is 3.44. The van der Waals surface area contributed by atoms with Crippen molar-refractivity contribution in [3.8, 4) is 0 Å². The standard InChI is InChI=1S/C26H25N3O/c1-2-5-20(6-3-1)15-21-8-11-25(28-17-21)26-19-29(13-14-30-26)18-22-9-10-24-23(16-22)7-4-12-27-24/h1-12,16-17,26H,13-15,18-19H2/t26-/m0/s1. The Morgan fingerprint density at radius 3 is 2.63 bits per heavy atom. The summed E-state index contributed by atoms with van der Waals surface area (Å²) in [6.07, 6.45) is 4.75. The van der Waals surface area contributed by atoms with E-state index in [2.05, 4.69) is 70.5 Å². The summed E-state index contributed by atoms with van der Waals surface area (Å²) >= 11 is 0. The largest absolute Gasteiger partial charge is 0.369 e. The first-order chi connectivity index (χ1) is 14.8. The Labute approximate surface area is 177 Å². The van der Waals surface area contributed by atoms with Gasteiger partial charge in [-0.05, 0) is 47.4 Å². The minimum absolute atomic E-state index is 0.0200. The van der Waals surface area contributed by atoms with Crippen LogP contribution in [0.5, 0.6) is 0 Å². The number of aromatic nitrogens is 2. The molecule has 0 spiro atoms. The van der Waals surface area contributed by atoms with Crippen molar-refractivity contribution < 1.29 is 4.74 Å². The highest BCUT2D eigenvalue weighted by Crippen LogP contribution is 2.23. The number of rotatable bonds is 5. The van der Waals surface area contributed by atoms with E-state index in [0.29, 0.717) is 0 Å². The second-order valence-electron chi connectivity index (χ2n) is 7.88. The Hall–Kier alpha value is -3.08. The SMILES string of the molecule is c1ccc(Cc2ccc([C@@H]3CN(Cc4ccc5ncccc5c4)CCO3)nc2)cc1. The van der Waals surface area contributed by atoms with Crippen molar-refractivity contribution in [2.75, 3.05) is 19.7 Å². The van der Waals surface area contributed by atoms with Crippen LogP contribution in [0.2, 0.25) is 0 Å². The lowest BCUT2D eigenvalue weighted by Gasteiger charge is -2.32. The number of pyridine rings is 2. The lowest BCUT2D eigenvalue weighted by molar-refractivity contribution is -0.0349. The molecule has 0 amide bonds. The molecule has 1 atom stereocenters. The molecule has 30 heavy (non-hydrogen) atoms. The lowest BCUT2D eigenvalue weighted by atomic mass is 10.1. The van der Waals surface area contributed by atoms with Gasteiger partial charge < -0.3 is 4.74 Å². The maximum absolute atomic E-state index is 6.05. The Balaban J connectivity index is 1.24. The molecule has 1 fully saturated rings. The first-order valence-electron chi connectivity index (χ1n) is 10.5. The third-order valence-electron chi connectivity index (χ3n) is 5.65. The number of fused-ring (bicyclic) bond motifs is 1. The highest BCUT2D eigenvalue weighted by Gasteiger charge is 2.23. The van der Waals surface area contributed by atoms with Gasteiger partial charge in [0.15, 0.2) is 0 Å². The van der Waals surface area contributed by atoms with Crippen LogP contribution in [0.3, 0.4) is 0 Å². The fourth-order valence-corrected chi connectivity index (χ4v) is 4.07. The quantitative estimate of drug-likeness (QED) is 0.487. The van der Waals surface area contributed by atoms with Gasteiger partial charge in [0.2, 0.25) is 0 Å². The Bertz CT molecular complexity index is 1110. The summed E-state index contributed by atoms with van der Waals surface area (Å²) < 4.78 is 6.05. The Morgan fingerprint density at radius 1 is 0.867 bits per heavy atom. The Kier molecular flexibility index (Phi) is 5.51. The topological polar surface area (TPSA) is 38.2 Å². The van der Waals surface area contributed by atoms with E-state index in [1.165, 1.54) is 22.1 Å². The predicted molar refractivity (Wildman–Crippen MR) is 119 cm³/mol. The van der Waals surface area contributed by atoms with Crippen molar-refractivity contribution in [2.24, 2.45) is 0 Å². The van der Waals surface area contributed by atoms with E-state index in [4.69, 9.17) is 9.72 Å². The molecule has 0 unspecified atom stereocenters. The van der Waals surface area contributed by atoms with Gasteiger partial charge in [-0.3, -0.25) is 14.9 Å². The minimum atomic E-state index is 0.0200. The van der Waals surface area contributed by atoms with Crippen LogP contribution in [0.1, 0.15) is 28.5 Å². The zero-order valence-electron chi connectivity index (χ0n) is 16.9. The van der Waals surface area contributed by atoms with Gasteiger partial charge in [-0.1, -0.05) is 48.5 Å². The maximum atomic E-state index is 6.05. The average Bonchev–Trinajstić information content (AvgIpc) is 2.80. The van der Waals surface area contributed by atoms with Crippen molar-refractivity contribution in [3.05, 3.63) is 108 Å². The van der Waals surface area contributed by atoms with E-state index in [0.717, 1.165) is 43.9 Å². The van der Waals surface area contributed by atoms with E-state index in [9.17, 15) is 0 Å². The molecule has 0 radical (unpaired) electrons. The van der Waals surface area contributed by atoms with Crippen LogP contribution < -0.4 is 0 Å². The number of hydrogen-bond acceptors (Lipinski definition) is 4. The van der Waals surface area contributed by atoms with Crippen LogP contribution in [-0.4, -0.2) is 34.6 Å². The molecule has 3 heterocycles. The first-order valence-corrected chi connectivity index (χ1v) is 10.5. The summed E-state index contributed by atoms with van der Waals surface area (Å²) in [5, 5.41) is 1.19. The molecule has 0 N–H and O–H groups in total. The highest BCUT2D eigenvalue weighted by atomic mass is 16.5. The lowest BCUT2D eigenvalue weighted by Crippen LogP contribution is -2.38. The molecule has 2 aromatic heterocycles. The molecule has 1 aliphatic rings. The molecule has 4 heteroatoms. The molecule has 1 aliphatic heterocycles. The van der Waals surface area contributed by atoms with Gasteiger partial charge in [-0.2, -0.15) is 0 Å². The fourth-order valence-electron chi connectivity index (χ4n) is 4.07. The van der Waals surface area contributed by atoms with E-state index in [1.54, 1.807) is 0 Å². The summed E-state index contributed by atoms with van der Waals surface area (Å²) in [4.78, 5) is 11.6. The normalized spacial score (nSPS) is 17.3. The highest BCUT2D eigenvalue weighted by molar-refractivity contribution is 5.78. The number of ether oxygens (including phenoxy) is 1. The predicted octanol–water partition coefficient (Wildman–Crippen LogP) is 4.79. The van der Waals surface area contributed by atoms with E-state index < -0.39 is 0 Å². The van der Waals surface area contributed by atoms with Gasteiger partial charge in [0.1, 0.15) is 6.10 Å². The van der Waals surface area contributed by atoms with Crippen molar-refractivity contribution in [1.82, 2.24) is 14.9 Å². The molecule has 5 rings (SSSR count). The Morgan fingerprint density at radius 2 is 1.77 bits per heavy atom. The second kappa shape index (κ2) is 8.74. The smallest absolute Gasteiger partial charge is 0.112 e. The van der Waals surface area contributed by atoms with E-state index >= 15 is 0 Å². The summed E-state index contributed by atoms with van der Waals surface area (Å²) in [5.41, 5.74) is 5.89. The maximum Gasteiger partial charge on any atom is 0.112 e. The number of morpholine rings is 1. The van der Waals surface area contributed by atoms with Crippen molar-refractivity contribution in [1.29, 1.82) is 0 Å². The third-order valence-corrected chi connectivity index (χ3v) is 5.65. The van der Waals surface area contributed by atoms with E-state index in [-0.39, 0.29) is 6.10 Å². The van der Waals surface area contributed by atoms with Crippen LogP contribution in [-0.2, 0) is 17.7 Å². The monoisotopic (exact) mass is 395 g/mol. The minimum Gasteiger partial charge on any atom is -0.369 e. The van der Waals surface area contributed by atoms with Gasteiger partial charge in [0, 0.05) is 37.4 Å². The van der Waals surface area contributed by atoms with Gasteiger partial charge in [-0.25, -0.2) is 0 Å². The van der Waals surface area contributed by atoms with Gasteiger partial charge in [0.05, 0.1) is 17.8 Å². The van der Waals surface area contributed by atoms with Crippen LogP contribution in [0.4, 0.5) is 0 Å². The summed E-state index contributed by atoms with van der Waals surface area (Å²) in [7, 11) is 0. The number of nitrogens with zero attached hydrogens (tertiary/aromatic N) is 3. The molecule has 1 saturated heterocycles. The van der Waals surface area contributed by atoms with Crippen molar-refractivity contribution in [2.45, 2.75) is 19.1 Å². The molecular formula is C26H25N3O. The second-order valence-corrected chi connectivity index (χ2v) is 7.88. The molecule has 0 aliphatic carbocycles. The third kappa shape index (κ3) is 4.40. The van der Waals surface area contributed by atoms with Crippen LogP contribution in [0.25, 0.3) is 10.9 Å². The molecule has 0 saturated carbocycles. The van der Waals surface area contributed by atoms with Crippen LogP contribution in [0, 0.1) is 0 Å². The summed E-state index contributed by atoms with van der Waals surface area (Å²) in [5.74, 6) is 0. The molecular weight excluding hydrogens is 370 g/mol. The fraction of sp³-hybridized carbons (Fsp3) is 0.231. The average molecular weight is 396 g/mol. The molecule has 4 nitrogen and oxygen atoms in total. The molecule has 150 valence electrons. The van der Waals surface area contributed by atoms with Gasteiger partial charge in [0.25, 0.3) is 0 Å². The van der Waals surface area contributed by atoms with Crippen LogP contribution in [0.15, 0.2) is 85.2 Å². The summed E-state index contributed by atoms with van der Waals surface area (Å²) in [6, 6.07) is 25.4. The zero-order valence-corrected chi connectivity index (χ0v) is 16.9. The molecule has 4 aromatic rings. The first kappa shape index (κ1) is 18.9.